The van der Waals surface area contributed by atoms with Gasteiger partial charge in [-0.3, -0.25) is 0 Å². The van der Waals surface area contributed by atoms with E-state index >= 15 is 0 Å². The summed E-state index contributed by atoms with van der Waals surface area (Å²) in [6.45, 7) is 5.65. The molecule has 2 heterocycles. The standard InChI is InChI=1S/C25H23N5/c1-18-7-11-20(12-8-18)15-29-17-23(22-5-3-4-6-24(22)29)25-26-27-28-30(25)16-21-13-9-19(2)10-14-21/h3-14,17H,15-16H2,1-2H3. The molecule has 0 aliphatic heterocycles. The van der Waals surface area contributed by atoms with Gasteiger partial charge in [0.05, 0.1) is 6.54 Å². The number of tetrazole rings is 1. The maximum atomic E-state index is 4.37. The van der Waals surface area contributed by atoms with E-state index in [0.29, 0.717) is 6.54 Å². The van der Waals surface area contributed by atoms with Crippen molar-refractivity contribution in [3.63, 3.8) is 0 Å². The third-order valence-electron chi connectivity index (χ3n) is 5.49. The van der Waals surface area contributed by atoms with Crippen molar-refractivity contribution < 1.29 is 0 Å². The number of aryl methyl sites for hydroxylation is 2. The molecule has 0 bridgehead atoms. The minimum Gasteiger partial charge on any atom is -0.342 e. The smallest absolute Gasteiger partial charge is 0.184 e. The Bertz CT molecular complexity index is 1290. The zero-order chi connectivity index (χ0) is 20.5. The molecular weight excluding hydrogens is 370 g/mol. The highest BCUT2D eigenvalue weighted by Gasteiger charge is 2.16. The van der Waals surface area contributed by atoms with Gasteiger partial charge in [0, 0.05) is 29.2 Å². The number of fused-ring (bicyclic) bond motifs is 1. The van der Waals surface area contributed by atoms with Crippen LogP contribution in [0.2, 0.25) is 0 Å². The number of hydrogen-bond donors (Lipinski definition) is 0. The Hall–Kier alpha value is -3.73. The summed E-state index contributed by atoms with van der Waals surface area (Å²) in [4.78, 5) is 0. The quantitative estimate of drug-likeness (QED) is 0.422. The molecule has 0 aliphatic carbocycles. The zero-order valence-electron chi connectivity index (χ0n) is 17.2. The summed E-state index contributed by atoms with van der Waals surface area (Å²) < 4.78 is 4.16. The maximum absolute atomic E-state index is 4.37. The van der Waals surface area contributed by atoms with Crippen LogP contribution in [0.1, 0.15) is 22.3 Å². The van der Waals surface area contributed by atoms with Gasteiger partial charge in [0.1, 0.15) is 0 Å². The molecule has 0 fully saturated rings. The molecule has 0 radical (unpaired) electrons. The van der Waals surface area contributed by atoms with Gasteiger partial charge in [-0.15, -0.1) is 5.10 Å². The molecule has 30 heavy (non-hydrogen) atoms. The van der Waals surface area contributed by atoms with Crippen LogP contribution in [0.5, 0.6) is 0 Å². The first-order valence-corrected chi connectivity index (χ1v) is 10.1. The van der Waals surface area contributed by atoms with Crippen LogP contribution in [0.25, 0.3) is 22.3 Å². The van der Waals surface area contributed by atoms with Gasteiger partial charge in [-0.1, -0.05) is 77.9 Å². The lowest BCUT2D eigenvalue weighted by Gasteiger charge is -2.06. The SMILES string of the molecule is Cc1ccc(Cn2nnnc2-c2cn(Cc3ccc(C)cc3)c3ccccc23)cc1. The van der Waals surface area contributed by atoms with E-state index < -0.39 is 0 Å². The summed E-state index contributed by atoms with van der Waals surface area (Å²) in [6, 6.07) is 25.6. The van der Waals surface area contributed by atoms with Crippen molar-refractivity contribution in [2.24, 2.45) is 0 Å². The fourth-order valence-corrected chi connectivity index (χ4v) is 3.82. The Morgan fingerprint density at radius 2 is 1.37 bits per heavy atom. The van der Waals surface area contributed by atoms with E-state index in [1.165, 1.54) is 27.8 Å². The highest BCUT2D eigenvalue weighted by atomic mass is 15.5. The Labute approximate surface area is 175 Å². The van der Waals surface area contributed by atoms with Crippen LogP contribution < -0.4 is 0 Å². The lowest BCUT2D eigenvalue weighted by molar-refractivity contribution is 0.653. The molecule has 148 valence electrons. The van der Waals surface area contributed by atoms with Gasteiger partial charge >= 0.3 is 0 Å². The van der Waals surface area contributed by atoms with Crippen molar-refractivity contribution in [3.05, 3.63) is 101 Å². The van der Waals surface area contributed by atoms with Crippen LogP contribution in [0.3, 0.4) is 0 Å². The molecule has 5 heteroatoms. The molecule has 3 aromatic carbocycles. The first-order chi connectivity index (χ1) is 14.7. The van der Waals surface area contributed by atoms with Gasteiger partial charge < -0.3 is 4.57 Å². The number of rotatable bonds is 5. The minimum atomic E-state index is 0.639. The van der Waals surface area contributed by atoms with E-state index in [4.69, 9.17) is 0 Å². The van der Waals surface area contributed by atoms with Crippen molar-refractivity contribution in [3.8, 4) is 11.4 Å². The Morgan fingerprint density at radius 3 is 2.07 bits per heavy atom. The molecule has 0 N–H and O–H groups in total. The number of para-hydroxylation sites is 1. The second-order valence-electron chi connectivity index (χ2n) is 7.82. The molecule has 0 saturated carbocycles. The third-order valence-corrected chi connectivity index (χ3v) is 5.49. The van der Waals surface area contributed by atoms with Crippen LogP contribution in [-0.4, -0.2) is 24.8 Å². The second kappa shape index (κ2) is 7.59. The monoisotopic (exact) mass is 393 g/mol. The molecule has 0 atom stereocenters. The molecule has 0 saturated heterocycles. The third kappa shape index (κ3) is 3.50. The summed E-state index contributed by atoms with van der Waals surface area (Å²) in [5, 5.41) is 13.8. The summed E-state index contributed by atoms with van der Waals surface area (Å²) in [6.07, 6.45) is 2.17. The first-order valence-electron chi connectivity index (χ1n) is 10.1. The van der Waals surface area contributed by atoms with Gasteiger partial charge in [-0.25, -0.2) is 4.68 Å². The predicted molar refractivity (Wildman–Crippen MR) is 119 cm³/mol. The molecule has 0 amide bonds. The van der Waals surface area contributed by atoms with Crippen LogP contribution in [0.15, 0.2) is 79.0 Å². The van der Waals surface area contributed by atoms with Crippen molar-refractivity contribution in [1.82, 2.24) is 24.8 Å². The normalized spacial score (nSPS) is 11.3. The predicted octanol–water partition coefficient (Wildman–Crippen LogP) is 5.01. The molecule has 2 aromatic heterocycles. The Balaban J connectivity index is 1.55. The molecule has 5 rings (SSSR count). The Kier molecular flexibility index (Phi) is 4.64. The van der Waals surface area contributed by atoms with E-state index in [2.05, 4.69) is 113 Å². The van der Waals surface area contributed by atoms with Gasteiger partial charge in [-0.2, -0.15) is 0 Å². The largest absolute Gasteiger partial charge is 0.342 e. The topological polar surface area (TPSA) is 48.5 Å². The van der Waals surface area contributed by atoms with E-state index in [9.17, 15) is 0 Å². The molecule has 0 aliphatic rings. The molecule has 5 aromatic rings. The van der Waals surface area contributed by atoms with Crippen LogP contribution >= 0.6 is 0 Å². The van der Waals surface area contributed by atoms with Crippen molar-refractivity contribution in [2.75, 3.05) is 0 Å². The fraction of sp³-hybridized carbons (Fsp3) is 0.160. The van der Waals surface area contributed by atoms with Gasteiger partial charge in [-0.05, 0) is 41.5 Å². The highest BCUT2D eigenvalue weighted by Crippen LogP contribution is 2.30. The second-order valence-corrected chi connectivity index (χ2v) is 7.82. The fourth-order valence-electron chi connectivity index (χ4n) is 3.82. The van der Waals surface area contributed by atoms with E-state index in [0.717, 1.165) is 23.3 Å². The van der Waals surface area contributed by atoms with E-state index in [1.54, 1.807) is 0 Å². The molecule has 0 spiro atoms. The van der Waals surface area contributed by atoms with Crippen molar-refractivity contribution in [2.45, 2.75) is 26.9 Å². The first kappa shape index (κ1) is 18.3. The molecule has 5 nitrogen and oxygen atoms in total. The van der Waals surface area contributed by atoms with E-state index in [-0.39, 0.29) is 0 Å². The average Bonchev–Trinajstić information content (AvgIpc) is 3.36. The van der Waals surface area contributed by atoms with Crippen LogP contribution in [-0.2, 0) is 13.1 Å². The highest BCUT2D eigenvalue weighted by molar-refractivity contribution is 5.94. The lowest BCUT2D eigenvalue weighted by atomic mass is 10.1. The summed E-state index contributed by atoms with van der Waals surface area (Å²) >= 11 is 0. The summed E-state index contributed by atoms with van der Waals surface area (Å²) in [5.41, 5.74) is 7.19. The minimum absolute atomic E-state index is 0.639. The number of benzene rings is 3. The molecular formula is C25H23N5. The number of nitrogens with zero attached hydrogens (tertiary/aromatic N) is 5. The van der Waals surface area contributed by atoms with Gasteiger partial charge in [0.2, 0.25) is 0 Å². The van der Waals surface area contributed by atoms with Crippen LogP contribution in [0.4, 0.5) is 0 Å². The van der Waals surface area contributed by atoms with Crippen molar-refractivity contribution in [1.29, 1.82) is 0 Å². The average molecular weight is 393 g/mol. The van der Waals surface area contributed by atoms with Gasteiger partial charge in [0.25, 0.3) is 0 Å². The van der Waals surface area contributed by atoms with Gasteiger partial charge in [0.15, 0.2) is 5.82 Å². The van der Waals surface area contributed by atoms with E-state index in [1.807, 2.05) is 4.68 Å². The number of hydrogen-bond acceptors (Lipinski definition) is 3. The zero-order valence-corrected chi connectivity index (χ0v) is 17.2. The molecule has 0 unspecified atom stereocenters. The Morgan fingerprint density at radius 1 is 0.733 bits per heavy atom. The number of aromatic nitrogens is 5. The van der Waals surface area contributed by atoms with Crippen molar-refractivity contribution >= 4 is 10.9 Å². The maximum Gasteiger partial charge on any atom is 0.184 e. The lowest BCUT2D eigenvalue weighted by Crippen LogP contribution is -2.04. The summed E-state index contributed by atoms with van der Waals surface area (Å²) in [7, 11) is 0. The van der Waals surface area contributed by atoms with Crippen LogP contribution in [0, 0.1) is 13.8 Å². The summed E-state index contributed by atoms with van der Waals surface area (Å²) in [5.74, 6) is 0.787.